The Morgan fingerprint density at radius 3 is 2.68 bits per heavy atom. The summed E-state index contributed by atoms with van der Waals surface area (Å²) in [5, 5.41) is 11.7. The van der Waals surface area contributed by atoms with Crippen molar-refractivity contribution in [2.75, 3.05) is 17.2 Å². The molecule has 0 aliphatic carbocycles. The van der Waals surface area contributed by atoms with Crippen LogP contribution in [-0.2, 0) is 0 Å². The van der Waals surface area contributed by atoms with Crippen molar-refractivity contribution in [3.63, 3.8) is 0 Å². The number of fused-ring (bicyclic) bond motifs is 1. The maximum atomic E-state index is 13.6. The summed E-state index contributed by atoms with van der Waals surface area (Å²) in [5.41, 5.74) is 2.21. The second kappa shape index (κ2) is 8.04. The molecule has 0 radical (unpaired) electrons. The summed E-state index contributed by atoms with van der Waals surface area (Å²) < 4.78 is 15.4. The Bertz CT molecular complexity index is 1080. The van der Waals surface area contributed by atoms with E-state index < -0.39 is 0 Å². The van der Waals surface area contributed by atoms with Crippen molar-refractivity contribution in [3.8, 4) is 5.69 Å². The number of rotatable bonds is 7. The fourth-order valence-electron chi connectivity index (χ4n) is 2.92. The summed E-state index contributed by atoms with van der Waals surface area (Å²) in [6.45, 7) is 2.91. The first kappa shape index (κ1) is 17.9. The molecule has 2 heterocycles. The minimum atomic E-state index is -0.309. The van der Waals surface area contributed by atoms with Gasteiger partial charge in [0.15, 0.2) is 5.65 Å². The summed E-state index contributed by atoms with van der Waals surface area (Å²) >= 11 is 0. The molecule has 0 aliphatic heterocycles. The van der Waals surface area contributed by atoms with E-state index >= 15 is 0 Å². The number of nitrogens with one attached hydrogen (secondary N) is 2. The highest BCUT2D eigenvalue weighted by Gasteiger charge is 2.14. The summed E-state index contributed by atoms with van der Waals surface area (Å²) in [5.74, 6) is 0.783. The third-order valence-corrected chi connectivity index (χ3v) is 4.33. The van der Waals surface area contributed by atoms with Crippen LogP contribution in [0.25, 0.3) is 16.7 Å². The molecular formula is C21H21FN6. The number of unbranched alkanes of at least 4 members (excludes halogenated alkanes) is 1. The lowest BCUT2D eigenvalue weighted by Gasteiger charge is -2.11. The van der Waals surface area contributed by atoms with E-state index in [1.807, 2.05) is 30.3 Å². The molecule has 142 valence electrons. The Kier molecular flexibility index (Phi) is 5.14. The molecule has 0 saturated carbocycles. The molecule has 2 aromatic heterocycles. The fourth-order valence-corrected chi connectivity index (χ4v) is 2.92. The molecule has 4 rings (SSSR count). The number of benzene rings is 2. The van der Waals surface area contributed by atoms with E-state index in [0.29, 0.717) is 23.1 Å². The van der Waals surface area contributed by atoms with Gasteiger partial charge in [-0.25, -0.2) is 9.07 Å². The highest BCUT2D eigenvalue weighted by Crippen LogP contribution is 2.27. The zero-order valence-electron chi connectivity index (χ0n) is 15.6. The van der Waals surface area contributed by atoms with Crippen molar-refractivity contribution in [2.24, 2.45) is 0 Å². The molecule has 0 spiro atoms. The Labute approximate surface area is 162 Å². The summed E-state index contributed by atoms with van der Waals surface area (Å²) in [7, 11) is 0. The third-order valence-electron chi connectivity index (χ3n) is 4.33. The van der Waals surface area contributed by atoms with E-state index in [0.717, 1.165) is 30.5 Å². The number of hydrogen-bond acceptors (Lipinski definition) is 5. The molecule has 0 fully saturated rings. The van der Waals surface area contributed by atoms with Crippen LogP contribution in [0, 0.1) is 5.82 Å². The van der Waals surface area contributed by atoms with E-state index in [9.17, 15) is 4.39 Å². The molecule has 2 aromatic carbocycles. The average molecular weight is 376 g/mol. The topological polar surface area (TPSA) is 67.7 Å². The summed E-state index contributed by atoms with van der Waals surface area (Å²) in [4.78, 5) is 9.26. The van der Waals surface area contributed by atoms with Crippen LogP contribution in [0.15, 0.2) is 60.8 Å². The Morgan fingerprint density at radius 1 is 1.04 bits per heavy atom. The predicted octanol–water partition coefficient (Wildman–Crippen LogP) is 4.91. The number of nitrogens with zero attached hydrogens (tertiary/aromatic N) is 4. The molecule has 28 heavy (non-hydrogen) atoms. The number of halogens is 1. The first-order valence-electron chi connectivity index (χ1n) is 9.32. The highest BCUT2D eigenvalue weighted by atomic mass is 19.1. The van der Waals surface area contributed by atoms with Crippen molar-refractivity contribution in [1.29, 1.82) is 0 Å². The van der Waals surface area contributed by atoms with Gasteiger partial charge in [0, 0.05) is 12.2 Å². The van der Waals surface area contributed by atoms with Gasteiger partial charge in [-0.2, -0.15) is 15.1 Å². The number of aromatic nitrogens is 4. The molecule has 0 saturated heterocycles. The quantitative estimate of drug-likeness (QED) is 0.449. The average Bonchev–Trinajstić information content (AvgIpc) is 3.13. The van der Waals surface area contributed by atoms with Crippen molar-refractivity contribution < 1.29 is 4.39 Å². The smallest absolute Gasteiger partial charge is 0.226 e. The van der Waals surface area contributed by atoms with Gasteiger partial charge >= 0.3 is 0 Å². The van der Waals surface area contributed by atoms with Crippen molar-refractivity contribution >= 4 is 28.5 Å². The SMILES string of the molecule is CCCCNc1nc(Nc2cccc(F)c2)c2cnn(-c3ccccc3)c2n1. The Morgan fingerprint density at radius 2 is 1.89 bits per heavy atom. The summed E-state index contributed by atoms with van der Waals surface area (Å²) in [6.07, 6.45) is 3.82. The van der Waals surface area contributed by atoms with Crippen LogP contribution in [-0.4, -0.2) is 26.3 Å². The van der Waals surface area contributed by atoms with Gasteiger partial charge in [0.2, 0.25) is 5.95 Å². The highest BCUT2D eigenvalue weighted by molar-refractivity contribution is 5.90. The van der Waals surface area contributed by atoms with Gasteiger partial charge in [-0.05, 0) is 36.8 Å². The lowest BCUT2D eigenvalue weighted by molar-refractivity contribution is 0.628. The van der Waals surface area contributed by atoms with E-state index in [-0.39, 0.29) is 5.82 Å². The Hall–Kier alpha value is -3.48. The predicted molar refractivity (Wildman–Crippen MR) is 110 cm³/mol. The van der Waals surface area contributed by atoms with Crippen molar-refractivity contribution in [3.05, 3.63) is 66.6 Å². The minimum Gasteiger partial charge on any atom is -0.354 e. The fraction of sp³-hybridized carbons (Fsp3) is 0.190. The van der Waals surface area contributed by atoms with Gasteiger partial charge in [0.05, 0.1) is 17.3 Å². The summed E-state index contributed by atoms with van der Waals surface area (Å²) in [6, 6.07) is 16.1. The number of anilines is 3. The monoisotopic (exact) mass is 376 g/mol. The van der Waals surface area contributed by atoms with Crippen LogP contribution >= 0.6 is 0 Å². The first-order valence-corrected chi connectivity index (χ1v) is 9.32. The largest absolute Gasteiger partial charge is 0.354 e. The maximum Gasteiger partial charge on any atom is 0.226 e. The minimum absolute atomic E-state index is 0.309. The van der Waals surface area contributed by atoms with E-state index in [2.05, 4.69) is 32.6 Å². The molecule has 2 N–H and O–H groups in total. The normalized spacial score (nSPS) is 10.9. The van der Waals surface area contributed by atoms with Crippen LogP contribution in [0.5, 0.6) is 0 Å². The lowest BCUT2D eigenvalue weighted by atomic mass is 10.3. The van der Waals surface area contributed by atoms with Gasteiger partial charge in [-0.3, -0.25) is 0 Å². The molecule has 6 nitrogen and oxygen atoms in total. The molecule has 0 bridgehead atoms. The molecule has 7 heteroatoms. The Balaban J connectivity index is 1.79. The van der Waals surface area contributed by atoms with Gasteiger partial charge in [-0.15, -0.1) is 0 Å². The first-order chi connectivity index (χ1) is 13.7. The zero-order chi connectivity index (χ0) is 19.3. The van der Waals surface area contributed by atoms with Crippen LogP contribution < -0.4 is 10.6 Å². The van der Waals surface area contributed by atoms with Crippen LogP contribution in [0.1, 0.15) is 19.8 Å². The molecular weight excluding hydrogens is 355 g/mol. The van der Waals surface area contributed by atoms with Gasteiger partial charge in [0.1, 0.15) is 11.6 Å². The number of para-hydroxylation sites is 1. The van der Waals surface area contributed by atoms with Gasteiger partial charge < -0.3 is 10.6 Å². The molecule has 0 amide bonds. The van der Waals surface area contributed by atoms with E-state index in [1.54, 1.807) is 23.0 Å². The van der Waals surface area contributed by atoms with Crippen molar-refractivity contribution in [1.82, 2.24) is 19.7 Å². The van der Waals surface area contributed by atoms with Crippen LogP contribution in [0.2, 0.25) is 0 Å². The van der Waals surface area contributed by atoms with Gasteiger partial charge in [0.25, 0.3) is 0 Å². The van der Waals surface area contributed by atoms with Crippen LogP contribution in [0.3, 0.4) is 0 Å². The molecule has 4 aromatic rings. The second-order valence-electron chi connectivity index (χ2n) is 6.44. The third kappa shape index (κ3) is 3.78. The molecule has 0 unspecified atom stereocenters. The zero-order valence-corrected chi connectivity index (χ0v) is 15.6. The van der Waals surface area contributed by atoms with Crippen LogP contribution in [0.4, 0.5) is 21.8 Å². The van der Waals surface area contributed by atoms with Crippen molar-refractivity contribution in [2.45, 2.75) is 19.8 Å². The lowest BCUT2D eigenvalue weighted by Crippen LogP contribution is -2.08. The van der Waals surface area contributed by atoms with E-state index in [1.165, 1.54) is 12.1 Å². The number of hydrogen-bond donors (Lipinski definition) is 2. The standard InChI is InChI=1S/C21H21FN6/c1-2-3-12-23-21-26-19(25-16-9-7-8-15(22)13-16)18-14-24-28(20(18)27-21)17-10-5-4-6-11-17/h4-11,13-14H,2-3,12H2,1H3,(H2,23,25,26,27). The van der Waals surface area contributed by atoms with Gasteiger partial charge in [-0.1, -0.05) is 37.6 Å². The second-order valence-corrected chi connectivity index (χ2v) is 6.44. The molecule has 0 atom stereocenters. The molecule has 0 aliphatic rings. The maximum absolute atomic E-state index is 13.6. The van der Waals surface area contributed by atoms with E-state index in [4.69, 9.17) is 0 Å².